The number of carbonyl (C=O) groups is 9. The van der Waals surface area contributed by atoms with Crippen LogP contribution in [0.3, 0.4) is 0 Å². The summed E-state index contributed by atoms with van der Waals surface area (Å²) in [4.78, 5) is 122. The van der Waals surface area contributed by atoms with Gasteiger partial charge in [0.15, 0.2) is 0 Å². The van der Waals surface area contributed by atoms with Crippen LogP contribution < -0.4 is 59.7 Å². The van der Waals surface area contributed by atoms with Crippen LogP contribution in [-0.4, -0.2) is 125 Å². The maximum atomic E-state index is 14.5. The Labute approximate surface area is 435 Å². The molecule has 22 heteroatoms. The van der Waals surface area contributed by atoms with E-state index in [2.05, 4.69) is 42.5 Å². The molecule has 0 aliphatic heterocycles. The zero-order valence-electron chi connectivity index (χ0n) is 44.1. The van der Waals surface area contributed by atoms with Gasteiger partial charge in [-0.05, 0) is 124 Å². The SMILES string of the molecule is CC(=O)NCC(=O)N[C@@H](Cc1ccc(O)cc1)C(=O)N[C@@H](Cc1ccc(O)cc1)C(=O)N[C@@H](CC(C)C)C(=O)N[C@@H](CC(C)C)C(=O)N[C@@H](CC(C)C)C(=O)N[C@@H](CCCCN)C(=O)N[C@@H](CCCCN)C(N)=O. The van der Waals surface area contributed by atoms with E-state index in [0.29, 0.717) is 49.9 Å². The van der Waals surface area contributed by atoms with Crippen molar-refractivity contribution >= 4 is 53.2 Å². The van der Waals surface area contributed by atoms with Crippen LogP contribution in [0, 0.1) is 17.8 Å². The Bertz CT molecular complexity index is 2140. The maximum absolute atomic E-state index is 14.5. The van der Waals surface area contributed by atoms with E-state index in [9.17, 15) is 53.4 Å². The van der Waals surface area contributed by atoms with Gasteiger partial charge in [0.1, 0.15) is 53.8 Å². The van der Waals surface area contributed by atoms with Crippen molar-refractivity contribution in [1.82, 2.24) is 42.5 Å². The number of aromatic hydroxyl groups is 2. The highest BCUT2D eigenvalue weighted by Crippen LogP contribution is 2.16. The number of benzene rings is 2. The molecule has 0 aromatic heterocycles. The average Bonchev–Trinajstić information content (AvgIpc) is 3.32. The molecule has 0 radical (unpaired) electrons. The first-order valence-electron chi connectivity index (χ1n) is 25.5. The van der Waals surface area contributed by atoms with Gasteiger partial charge >= 0.3 is 0 Å². The Balaban J connectivity index is 2.46. The predicted molar refractivity (Wildman–Crippen MR) is 279 cm³/mol. The first-order chi connectivity index (χ1) is 34.9. The van der Waals surface area contributed by atoms with E-state index in [1.165, 1.54) is 31.2 Å². The highest BCUT2D eigenvalue weighted by atomic mass is 16.3. The Morgan fingerprint density at radius 1 is 0.446 bits per heavy atom. The minimum absolute atomic E-state index is 0.0292. The van der Waals surface area contributed by atoms with Gasteiger partial charge < -0.3 is 69.9 Å². The summed E-state index contributed by atoms with van der Waals surface area (Å²) in [5.74, 6) is -6.75. The van der Waals surface area contributed by atoms with Crippen LogP contribution >= 0.6 is 0 Å². The molecule has 0 aliphatic carbocycles. The van der Waals surface area contributed by atoms with Gasteiger partial charge in [0.05, 0.1) is 6.54 Å². The third-order valence-corrected chi connectivity index (χ3v) is 11.7. The molecule has 0 fully saturated rings. The lowest BCUT2D eigenvalue weighted by atomic mass is 9.98. The third kappa shape index (κ3) is 24.7. The molecule has 7 atom stereocenters. The summed E-state index contributed by atoms with van der Waals surface area (Å²) < 4.78 is 0. The highest BCUT2D eigenvalue weighted by Gasteiger charge is 2.35. The van der Waals surface area contributed by atoms with Crippen LogP contribution in [0.1, 0.15) is 117 Å². The molecule has 0 heterocycles. The number of phenols is 2. The quantitative estimate of drug-likeness (QED) is 0.0420. The molecule has 2 aromatic carbocycles. The lowest BCUT2D eigenvalue weighted by Gasteiger charge is -2.29. The van der Waals surface area contributed by atoms with Crippen LogP contribution in [0.25, 0.3) is 0 Å². The summed E-state index contributed by atoms with van der Waals surface area (Å²) in [5, 5.41) is 41.3. The molecule has 0 saturated carbocycles. The summed E-state index contributed by atoms with van der Waals surface area (Å²) in [6.07, 6.45) is 2.73. The van der Waals surface area contributed by atoms with Gasteiger partial charge in [-0.3, -0.25) is 43.2 Å². The summed E-state index contributed by atoms with van der Waals surface area (Å²) >= 11 is 0. The molecule has 412 valence electrons. The zero-order valence-corrected chi connectivity index (χ0v) is 44.1. The first-order valence-corrected chi connectivity index (χ1v) is 25.5. The minimum atomic E-state index is -1.37. The number of unbranched alkanes of at least 4 members (excludes halogenated alkanes) is 2. The van der Waals surface area contributed by atoms with Crippen molar-refractivity contribution in [2.75, 3.05) is 19.6 Å². The summed E-state index contributed by atoms with van der Waals surface area (Å²) in [5.41, 5.74) is 18.0. The second kappa shape index (κ2) is 33.1. The number of nitrogens with two attached hydrogens (primary N) is 3. The standard InChI is InChI=1S/C52H83N11O11/c1-30(2)24-40(48(70)59-39(13-9-11-23-54)47(69)58-38(46(55)68)12-8-10-22-53)60-49(71)41(25-31(3)4)61-50(72)42(26-32(5)6)62-52(74)44(28-35-16-20-37(66)21-17-35)63-51(73)43(57-45(67)29-56-33(7)64)27-34-14-18-36(65)19-15-34/h14-21,30-32,38-44,65-66H,8-13,22-29,53-54H2,1-7H3,(H2,55,68)(H,56,64)(H,57,67)(H,58,69)(H,59,70)(H,60,71)(H,61,72)(H,62,74)(H,63,73)/t38-,39-,40-,41-,42-,43-,44-/m0/s1. The molecule has 74 heavy (non-hydrogen) atoms. The average molecular weight is 1040 g/mol. The number of nitrogens with one attached hydrogen (secondary N) is 8. The van der Waals surface area contributed by atoms with E-state index < -0.39 is 102 Å². The maximum Gasteiger partial charge on any atom is 0.243 e. The Kier molecular flexibility index (Phi) is 28.3. The minimum Gasteiger partial charge on any atom is -0.508 e. The third-order valence-electron chi connectivity index (χ3n) is 11.7. The number of rotatable bonds is 34. The second-order valence-electron chi connectivity index (χ2n) is 20.0. The van der Waals surface area contributed by atoms with Gasteiger partial charge in [0, 0.05) is 19.8 Å². The molecular weight excluding hydrogens is 955 g/mol. The van der Waals surface area contributed by atoms with E-state index in [0.717, 1.165) is 0 Å². The van der Waals surface area contributed by atoms with Gasteiger partial charge in [-0.1, -0.05) is 65.8 Å². The number of carbonyl (C=O) groups excluding carboxylic acids is 9. The number of hydrogen-bond acceptors (Lipinski definition) is 13. The number of primary amides is 1. The molecule has 0 aliphatic rings. The van der Waals surface area contributed by atoms with E-state index in [-0.39, 0.29) is 74.2 Å². The summed E-state index contributed by atoms with van der Waals surface area (Å²) in [7, 11) is 0. The van der Waals surface area contributed by atoms with E-state index in [4.69, 9.17) is 17.2 Å². The molecule has 0 unspecified atom stereocenters. The van der Waals surface area contributed by atoms with Gasteiger partial charge in [-0.25, -0.2) is 0 Å². The summed E-state index contributed by atoms with van der Waals surface area (Å²) in [6, 6.07) is 3.43. The second-order valence-corrected chi connectivity index (χ2v) is 20.0. The highest BCUT2D eigenvalue weighted by molar-refractivity contribution is 5.98. The smallest absolute Gasteiger partial charge is 0.243 e. The van der Waals surface area contributed by atoms with E-state index >= 15 is 0 Å². The fraction of sp³-hybridized carbons (Fsp3) is 0.596. The largest absolute Gasteiger partial charge is 0.508 e. The van der Waals surface area contributed by atoms with Gasteiger partial charge in [-0.15, -0.1) is 0 Å². The topological polar surface area (TPSA) is 368 Å². The lowest BCUT2D eigenvalue weighted by molar-refractivity contribution is -0.136. The Morgan fingerprint density at radius 2 is 0.757 bits per heavy atom. The zero-order chi connectivity index (χ0) is 55.5. The lowest BCUT2D eigenvalue weighted by Crippen LogP contribution is -2.60. The number of hydrogen-bond donors (Lipinski definition) is 13. The Morgan fingerprint density at radius 3 is 1.11 bits per heavy atom. The van der Waals surface area contributed by atoms with Crippen molar-refractivity contribution in [3.8, 4) is 11.5 Å². The molecule has 9 amide bonds. The molecule has 0 saturated heterocycles. The van der Waals surface area contributed by atoms with Crippen LogP contribution in [0.15, 0.2) is 48.5 Å². The number of amides is 9. The van der Waals surface area contributed by atoms with Crippen LogP contribution in [-0.2, 0) is 56.0 Å². The van der Waals surface area contributed by atoms with Gasteiger partial charge in [-0.2, -0.15) is 0 Å². The molecular formula is C52H83N11O11. The van der Waals surface area contributed by atoms with Crippen molar-refractivity contribution in [3.05, 3.63) is 59.7 Å². The monoisotopic (exact) mass is 1040 g/mol. The molecule has 0 spiro atoms. The van der Waals surface area contributed by atoms with E-state index in [1.807, 2.05) is 41.5 Å². The first kappa shape index (κ1) is 63.3. The van der Waals surface area contributed by atoms with Gasteiger partial charge in [0.2, 0.25) is 53.2 Å². The summed E-state index contributed by atoms with van der Waals surface area (Å²) in [6.45, 7) is 12.5. The van der Waals surface area contributed by atoms with Crippen molar-refractivity contribution in [2.24, 2.45) is 35.0 Å². The Hall–Kier alpha value is -6.81. The van der Waals surface area contributed by atoms with Crippen LogP contribution in [0.4, 0.5) is 0 Å². The van der Waals surface area contributed by atoms with Crippen molar-refractivity contribution < 1.29 is 53.4 Å². The normalized spacial score (nSPS) is 14.1. The van der Waals surface area contributed by atoms with Crippen LogP contribution in [0.5, 0.6) is 11.5 Å². The molecule has 0 bridgehead atoms. The molecule has 2 rings (SSSR count). The van der Waals surface area contributed by atoms with Crippen molar-refractivity contribution in [1.29, 1.82) is 0 Å². The molecule has 2 aromatic rings. The molecule has 22 nitrogen and oxygen atoms in total. The van der Waals surface area contributed by atoms with Crippen LogP contribution in [0.2, 0.25) is 0 Å². The van der Waals surface area contributed by atoms with Gasteiger partial charge in [0.25, 0.3) is 0 Å². The predicted octanol–water partition coefficient (Wildman–Crippen LogP) is 0.294. The fourth-order valence-corrected chi connectivity index (χ4v) is 7.89. The van der Waals surface area contributed by atoms with Crippen molar-refractivity contribution in [2.45, 2.75) is 161 Å². The van der Waals surface area contributed by atoms with E-state index in [1.54, 1.807) is 24.3 Å². The number of phenolic OH excluding ortho intramolecular Hbond substituents is 2. The molecule has 16 N–H and O–H groups in total. The fourth-order valence-electron chi connectivity index (χ4n) is 7.89. The van der Waals surface area contributed by atoms with Crippen molar-refractivity contribution in [3.63, 3.8) is 0 Å².